The van der Waals surface area contributed by atoms with Crippen LogP contribution in [0.25, 0.3) is 0 Å². The van der Waals surface area contributed by atoms with E-state index in [-0.39, 0.29) is 30.6 Å². The summed E-state index contributed by atoms with van der Waals surface area (Å²) in [5.74, 6) is -0.476. The van der Waals surface area contributed by atoms with Gasteiger partial charge in [0, 0.05) is 36.8 Å². The number of carbonyl (C=O) groups excluding carboxylic acids is 3. The van der Waals surface area contributed by atoms with E-state index in [4.69, 9.17) is 4.74 Å². The topological polar surface area (TPSA) is 122 Å². The third kappa shape index (κ3) is 7.42. The average Bonchev–Trinajstić information content (AvgIpc) is 2.86. The Morgan fingerprint density at radius 3 is 2.27 bits per heavy atom. The Morgan fingerprint density at radius 1 is 0.879 bits per heavy atom. The van der Waals surface area contributed by atoms with E-state index in [1.54, 1.807) is 31.2 Å². The van der Waals surface area contributed by atoms with Gasteiger partial charge in [-0.2, -0.15) is 0 Å². The quantitative estimate of drug-likeness (QED) is 0.411. The maximum atomic E-state index is 12.3. The number of hydrogen-bond acceptors (Lipinski definition) is 6. The first-order valence-electron chi connectivity index (χ1n) is 10.5. The third-order valence-electron chi connectivity index (χ3n) is 4.55. The Bertz CT molecular complexity index is 1090. The van der Waals surface area contributed by atoms with Crippen LogP contribution in [0.1, 0.15) is 39.8 Å². The van der Waals surface area contributed by atoms with Crippen LogP contribution in [0, 0.1) is 0 Å². The van der Waals surface area contributed by atoms with E-state index in [1.165, 1.54) is 12.4 Å². The molecule has 1 heterocycles. The highest BCUT2D eigenvalue weighted by Gasteiger charge is 2.10. The van der Waals surface area contributed by atoms with Gasteiger partial charge in [0.1, 0.15) is 18.6 Å². The number of anilines is 1. The summed E-state index contributed by atoms with van der Waals surface area (Å²) in [6, 6.07) is 17.7. The number of nitrogens with zero attached hydrogens (tertiary/aromatic N) is 2. The molecule has 1 aromatic heterocycles. The van der Waals surface area contributed by atoms with Crippen LogP contribution in [0.4, 0.5) is 5.69 Å². The van der Waals surface area contributed by atoms with E-state index in [0.29, 0.717) is 30.2 Å². The summed E-state index contributed by atoms with van der Waals surface area (Å²) in [7, 11) is 0. The summed E-state index contributed by atoms with van der Waals surface area (Å²) in [5, 5.41) is 8.15. The first-order chi connectivity index (χ1) is 16.0. The first-order valence-corrected chi connectivity index (χ1v) is 10.5. The molecule has 0 radical (unpaired) electrons. The molecule has 0 aliphatic carbocycles. The fourth-order valence-corrected chi connectivity index (χ4v) is 2.77. The van der Waals surface area contributed by atoms with Crippen molar-refractivity contribution in [3.63, 3.8) is 0 Å². The maximum absolute atomic E-state index is 12.3. The van der Waals surface area contributed by atoms with Gasteiger partial charge in [-0.3, -0.25) is 14.4 Å². The van der Waals surface area contributed by atoms with Crippen molar-refractivity contribution in [3.05, 3.63) is 83.8 Å². The van der Waals surface area contributed by atoms with Gasteiger partial charge >= 0.3 is 0 Å². The molecule has 0 unspecified atom stereocenters. The zero-order chi connectivity index (χ0) is 23.5. The van der Waals surface area contributed by atoms with E-state index in [2.05, 4.69) is 25.9 Å². The summed E-state index contributed by atoms with van der Waals surface area (Å²) >= 11 is 0. The molecule has 0 aliphatic heterocycles. The van der Waals surface area contributed by atoms with Crippen LogP contribution in [0.2, 0.25) is 0 Å². The van der Waals surface area contributed by atoms with Crippen LogP contribution in [-0.2, 0) is 11.4 Å². The molecule has 0 saturated heterocycles. The average molecular weight is 447 g/mol. The highest BCUT2D eigenvalue weighted by molar-refractivity contribution is 5.96. The van der Waals surface area contributed by atoms with Crippen molar-refractivity contribution in [2.45, 2.75) is 20.0 Å². The van der Waals surface area contributed by atoms with Crippen molar-refractivity contribution in [2.24, 2.45) is 0 Å². The summed E-state index contributed by atoms with van der Waals surface area (Å²) in [6.07, 6.45) is 1.65. The predicted molar refractivity (Wildman–Crippen MR) is 123 cm³/mol. The van der Waals surface area contributed by atoms with Crippen molar-refractivity contribution in [2.75, 3.05) is 18.4 Å². The van der Waals surface area contributed by atoms with Crippen molar-refractivity contribution in [1.82, 2.24) is 20.6 Å². The molecule has 0 fully saturated rings. The lowest BCUT2D eigenvalue weighted by Crippen LogP contribution is -2.35. The number of ether oxygens (including phenoxy) is 1. The second-order valence-electron chi connectivity index (χ2n) is 7.01. The SMILES string of the molecule is CCC(=O)Nc1ccc(C(=O)NCCNC(=O)c2cc(OCc3ccccc3)ncn2)cc1. The van der Waals surface area contributed by atoms with Crippen molar-refractivity contribution < 1.29 is 19.1 Å². The molecule has 3 amide bonds. The normalized spacial score (nSPS) is 10.2. The molecule has 33 heavy (non-hydrogen) atoms. The fourth-order valence-electron chi connectivity index (χ4n) is 2.77. The zero-order valence-corrected chi connectivity index (χ0v) is 18.2. The first kappa shape index (κ1) is 23.4. The molecule has 9 heteroatoms. The number of benzene rings is 2. The third-order valence-corrected chi connectivity index (χ3v) is 4.55. The Labute approximate surface area is 191 Å². The molecule has 2 aromatic carbocycles. The minimum absolute atomic E-state index is 0.0958. The molecule has 0 bridgehead atoms. The van der Waals surface area contributed by atoms with Crippen LogP contribution >= 0.6 is 0 Å². The standard InChI is InChI=1S/C24H25N5O4/c1-2-21(30)29-19-10-8-18(9-11-19)23(31)25-12-13-26-24(32)20-14-22(28-16-27-20)33-15-17-6-4-3-5-7-17/h3-11,14,16H,2,12-13,15H2,1H3,(H,25,31)(H,26,32)(H,29,30). The van der Waals surface area contributed by atoms with Crippen molar-refractivity contribution in [1.29, 1.82) is 0 Å². The van der Waals surface area contributed by atoms with E-state index >= 15 is 0 Å². The van der Waals surface area contributed by atoms with E-state index in [0.717, 1.165) is 5.56 Å². The van der Waals surface area contributed by atoms with Crippen LogP contribution in [0.3, 0.4) is 0 Å². The monoisotopic (exact) mass is 447 g/mol. The summed E-state index contributed by atoms with van der Waals surface area (Å²) in [5.41, 5.74) is 2.23. The molecular formula is C24H25N5O4. The maximum Gasteiger partial charge on any atom is 0.270 e. The van der Waals surface area contributed by atoms with Gasteiger partial charge in [0.05, 0.1) is 0 Å². The predicted octanol–water partition coefficient (Wildman–Crippen LogP) is 2.56. The van der Waals surface area contributed by atoms with Crippen LogP contribution in [0.15, 0.2) is 67.0 Å². The number of rotatable bonds is 10. The minimum Gasteiger partial charge on any atom is -0.473 e. The number of aromatic nitrogens is 2. The summed E-state index contributed by atoms with van der Waals surface area (Å²) in [6.45, 7) is 2.55. The summed E-state index contributed by atoms with van der Waals surface area (Å²) < 4.78 is 5.61. The van der Waals surface area contributed by atoms with Gasteiger partial charge < -0.3 is 20.7 Å². The molecule has 3 N–H and O–H groups in total. The molecule has 0 atom stereocenters. The molecule has 0 aliphatic rings. The smallest absolute Gasteiger partial charge is 0.270 e. The van der Waals surface area contributed by atoms with Gasteiger partial charge in [-0.1, -0.05) is 37.3 Å². The molecule has 3 rings (SSSR count). The van der Waals surface area contributed by atoms with Crippen molar-refractivity contribution >= 4 is 23.4 Å². The lowest BCUT2D eigenvalue weighted by molar-refractivity contribution is -0.115. The van der Waals surface area contributed by atoms with Crippen LogP contribution in [-0.4, -0.2) is 40.8 Å². The van der Waals surface area contributed by atoms with Gasteiger partial charge in [-0.25, -0.2) is 9.97 Å². The van der Waals surface area contributed by atoms with Gasteiger partial charge in [0.15, 0.2) is 0 Å². The Morgan fingerprint density at radius 2 is 1.58 bits per heavy atom. The highest BCUT2D eigenvalue weighted by atomic mass is 16.5. The fraction of sp³-hybridized carbons (Fsp3) is 0.208. The second-order valence-corrected chi connectivity index (χ2v) is 7.01. The lowest BCUT2D eigenvalue weighted by Gasteiger charge is -2.09. The molecule has 0 spiro atoms. The van der Waals surface area contributed by atoms with Crippen LogP contribution < -0.4 is 20.7 Å². The Kier molecular flexibility index (Phi) is 8.47. The molecule has 170 valence electrons. The second kappa shape index (κ2) is 11.9. The molecular weight excluding hydrogens is 422 g/mol. The largest absolute Gasteiger partial charge is 0.473 e. The lowest BCUT2D eigenvalue weighted by atomic mass is 10.2. The number of nitrogens with one attached hydrogen (secondary N) is 3. The Hall–Kier alpha value is -4.27. The number of hydrogen-bond donors (Lipinski definition) is 3. The van der Waals surface area contributed by atoms with E-state index in [9.17, 15) is 14.4 Å². The highest BCUT2D eigenvalue weighted by Crippen LogP contribution is 2.11. The molecule has 3 aromatic rings. The zero-order valence-electron chi connectivity index (χ0n) is 18.2. The minimum atomic E-state index is -0.396. The number of amides is 3. The van der Waals surface area contributed by atoms with Gasteiger partial charge in [-0.05, 0) is 29.8 Å². The Balaban J connectivity index is 1.42. The van der Waals surface area contributed by atoms with Crippen LogP contribution in [0.5, 0.6) is 5.88 Å². The van der Waals surface area contributed by atoms with Gasteiger partial charge in [-0.15, -0.1) is 0 Å². The van der Waals surface area contributed by atoms with E-state index < -0.39 is 5.91 Å². The number of carbonyl (C=O) groups is 3. The summed E-state index contributed by atoms with van der Waals surface area (Å²) in [4.78, 5) is 44.0. The van der Waals surface area contributed by atoms with Crippen molar-refractivity contribution in [3.8, 4) is 5.88 Å². The molecule has 0 saturated carbocycles. The van der Waals surface area contributed by atoms with E-state index in [1.807, 2.05) is 30.3 Å². The molecule has 9 nitrogen and oxygen atoms in total. The van der Waals surface area contributed by atoms with Gasteiger partial charge in [0.2, 0.25) is 11.8 Å². The van der Waals surface area contributed by atoms with Gasteiger partial charge in [0.25, 0.3) is 11.8 Å².